The number of piperidine rings is 1. The molecule has 0 saturated carbocycles. The van der Waals surface area contributed by atoms with Crippen LogP contribution in [-0.2, 0) is 19.7 Å². The normalized spacial score (nSPS) is 15.5. The Morgan fingerprint density at radius 2 is 1.66 bits per heavy atom. The third-order valence-corrected chi connectivity index (χ3v) is 5.82. The van der Waals surface area contributed by atoms with Crippen LogP contribution in [0.5, 0.6) is 5.75 Å². The Balaban J connectivity index is 1.22. The van der Waals surface area contributed by atoms with Gasteiger partial charge in [-0.3, -0.25) is 9.58 Å². The highest BCUT2D eigenvalue weighted by Gasteiger charge is 2.20. The summed E-state index contributed by atoms with van der Waals surface area (Å²) in [7, 11) is 0. The lowest BCUT2D eigenvalue weighted by Gasteiger charge is -2.32. The van der Waals surface area contributed by atoms with Gasteiger partial charge in [0, 0.05) is 18.8 Å². The van der Waals surface area contributed by atoms with Gasteiger partial charge in [-0.2, -0.15) is 5.10 Å². The van der Waals surface area contributed by atoms with E-state index in [-0.39, 0.29) is 0 Å². The van der Waals surface area contributed by atoms with Crippen molar-refractivity contribution >= 4 is 0 Å². The zero-order valence-corrected chi connectivity index (χ0v) is 17.6. The van der Waals surface area contributed by atoms with E-state index in [1.54, 1.807) is 0 Å². The number of hydrogen-bond acceptors (Lipinski definition) is 3. The van der Waals surface area contributed by atoms with Gasteiger partial charge in [-0.05, 0) is 75.0 Å². The van der Waals surface area contributed by atoms with Gasteiger partial charge in [-0.25, -0.2) is 0 Å². The molecule has 0 amide bonds. The fourth-order valence-electron chi connectivity index (χ4n) is 4.12. The van der Waals surface area contributed by atoms with Gasteiger partial charge in [0.05, 0.1) is 5.69 Å². The van der Waals surface area contributed by atoms with Gasteiger partial charge in [0.25, 0.3) is 0 Å². The minimum Gasteiger partial charge on any atom is -0.489 e. The molecule has 0 bridgehead atoms. The van der Waals surface area contributed by atoms with E-state index in [2.05, 4.69) is 71.0 Å². The number of ether oxygens (including phenoxy) is 1. The fraction of sp³-hybridized carbons (Fsp3) is 0.400. The monoisotopic (exact) mass is 389 g/mol. The van der Waals surface area contributed by atoms with Crippen LogP contribution < -0.4 is 4.74 Å². The number of nitrogens with zero attached hydrogens (tertiary/aromatic N) is 3. The van der Waals surface area contributed by atoms with Gasteiger partial charge < -0.3 is 4.74 Å². The highest BCUT2D eigenvalue weighted by Crippen LogP contribution is 2.22. The van der Waals surface area contributed by atoms with Crippen molar-refractivity contribution < 1.29 is 4.74 Å². The third kappa shape index (κ3) is 5.48. The average Bonchev–Trinajstić information content (AvgIpc) is 3.06. The first-order valence-electron chi connectivity index (χ1n) is 10.6. The van der Waals surface area contributed by atoms with E-state index in [0.29, 0.717) is 6.61 Å². The zero-order valence-electron chi connectivity index (χ0n) is 17.6. The molecule has 0 atom stereocenters. The highest BCUT2D eigenvalue weighted by atomic mass is 16.5. The lowest BCUT2D eigenvalue weighted by atomic mass is 9.96. The second kappa shape index (κ2) is 9.27. The van der Waals surface area contributed by atoms with Gasteiger partial charge in [0.15, 0.2) is 0 Å². The molecule has 0 N–H and O–H groups in total. The van der Waals surface area contributed by atoms with Crippen molar-refractivity contribution in [2.75, 3.05) is 13.1 Å². The van der Waals surface area contributed by atoms with E-state index in [9.17, 15) is 0 Å². The molecule has 4 heteroatoms. The molecule has 1 saturated heterocycles. The van der Waals surface area contributed by atoms with Crippen molar-refractivity contribution in [1.82, 2.24) is 14.7 Å². The van der Waals surface area contributed by atoms with Crippen LogP contribution in [0.1, 0.15) is 35.4 Å². The molecule has 4 rings (SSSR count). The van der Waals surface area contributed by atoms with Crippen molar-refractivity contribution in [3.8, 4) is 5.75 Å². The molecule has 0 radical (unpaired) electrons. The highest BCUT2D eigenvalue weighted by molar-refractivity contribution is 5.28. The predicted molar refractivity (Wildman–Crippen MR) is 117 cm³/mol. The van der Waals surface area contributed by atoms with E-state index in [1.807, 2.05) is 18.2 Å². The van der Waals surface area contributed by atoms with Gasteiger partial charge >= 0.3 is 0 Å². The predicted octanol–water partition coefficient (Wildman–Crippen LogP) is 4.99. The summed E-state index contributed by atoms with van der Waals surface area (Å²) in [6.45, 7) is 9.24. The van der Waals surface area contributed by atoms with Crippen LogP contribution in [0.2, 0.25) is 0 Å². The summed E-state index contributed by atoms with van der Waals surface area (Å²) in [4.78, 5) is 2.57. The Kier molecular flexibility index (Phi) is 6.30. The van der Waals surface area contributed by atoms with E-state index < -0.39 is 0 Å². The van der Waals surface area contributed by atoms with Gasteiger partial charge in [-0.15, -0.1) is 0 Å². The molecule has 1 fully saturated rings. The number of benzene rings is 2. The summed E-state index contributed by atoms with van der Waals surface area (Å²) in [6, 6.07) is 21.0. The number of rotatable bonds is 7. The summed E-state index contributed by atoms with van der Waals surface area (Å²) < 4.78 is 8.08. The van der Waals surface area contributed by atoms with Crippen molar-refractivity contribution in [3.05, 3.63) is 83.2 Å². The molecule has 1 aliphatic heterocycles. The SMILES string of the molecule is Cc1cc(C)n(CC2CCN(Cc3ccc(OCc4ccccc4)cc3)CC2)n1. The number of aryl methyl sites for hydroxylation is 2. The Hall–Kier alpha value is -2.59. The van der Waals surface area contributed by atoms with Crippen LogP contribution in [0, 0.1) is 19.8 Å². The van der Waals surface area contributed by atoms with Crippen molar-refractivity contribution in [3.63, 3.8) is 0 Å². The molecule has 0 unspecified atom stereocenters. The van der Waals surface area contributed by atoms with Crippen molar-refractivity contribution in [1.29, 1.82) is 0 Å². The van der Waals surface area contributed by atoms with E-state index in [1.165, 1.54) is 29.7 Å². The molecule has 1 aliphatic rings. The summed E-state index contributed by atoms with van der Waals surface area (Å²) in [5.74, 6) is 1.67. The second-order valence-corrected chi connectivity index (χ2v) is 8.25. The lowest BCUT2D eigenvalue weighted by Crippen LogP contribution is -2.34. The minimum atomic E-state index is 0.614. The molecule has 0 spiro atoms. The van der Waals surface area contributed by atoms with Crippen LogP contribution in [0.3, 0.4) is 0 Å². The van der Waals surface area contributed by atoms with Gasteiger partial charge in [0.1, 0.15) is 12.4 Å². The topological polar surface area (TPSA) is 30.3 Å². The number of likely N-dealkylation sites (tertiary alicyclic amines) is 1. The second-order valence-electron chi connectivity index (χ2n) is 8.25. The van der Waals surface area contributed by atoms with Crippen LogP contribution >= 0.6 is 0 Å². The molecule has 29 heavy (non-hydrogen) atoms. The molecular formula is C25H31N3O. The first-order valence-corrected chi connectivity index (χ1v) is 10.6. The fourth-order valence-corrected chi connectivity index (χ4v) is 4.12. The maximum Gasteiger partial charge on any atom is 0.119 e. The van der Waals surface area contributed by atoms with Crippen LogP contribution in [-0.4, -0.2) is 27.8 Å². The standard InChI is InChI=1S/C25H31N3O/c1-20-16-21(2)28(26-20)18-23-12-14-27(15-13-23)17-22-8-10-25(11-9-22)29-19-24-6-4-3-5-7-24/h3-11,16,23H,12-15,17-19H2,1-2H3. The van der Waals surface area contributed by atoms with E-state index >= 15 is 0 Å². The number of aromatic nitrogens is 2. The number of hydrogen-bond donors (Lipinski definition) is 0. The summed E-state index contributed by atoms with van der Waals surface area (Å²) in [5.41, 5.74) is 4.95. The van der Waals surface area contributed by atoms with Crippen molar-refractivity contribution in [2.24, 2.45) is 5.92 Å². The molecule has 4 nitrogen and oxygen atoms in total. The molecule has 1 aromatic heterocycles. The smallest absolute Gasteiger partial charge is 0.119 e. The average molecular weight is 390 g/mol. The van der Waals surface area contributed by atoms with Gasteiger partial charge in [-0.1, -0.05) is 42.5 Å². The zero-order chi connectivity index (χ0) is 20.1. The Morgan fingerprint density at radius 3 is 2.31 bits per heavy atom. The summed E-state index contributed by atoms with van der Waals surface area (Å²) >= 11 is 0. The molecule has 3 aromatic rings. The molecule has 2 heterocycles. The Bertz CT molecular complexity index is 894. The van der Waals surface area contributed by atoms with Gasteiger partial charge in [0.2, 0.25) is 0 Å². The first-order chi connectivity index (χ1) is 14.2. The Morgan fingerprint density at radius 1 is 0.931 bits per heavy atom. The Labute approximate surface area is 174 Å². The molecule has 0 aliphatic carbocycles. The van der Waals surface area contributed by atoms with Crippen LogP contribution in [0.4, 0.5) is 0 Å². The van der Waals surface area contributed by atoms with E-state index in [0.717, 1.165) is 43.5 Å². The summed E-state index contributed by atoms with van der Waals surface area (Å²) in [5, 5.41) is 4.62. The molecular weight excluding hydrogens is 358 g/mol. The quantitative estimate of drug-likeness (QED) is 0.570. The first kappa shape index (κ1) is 19.7. The van der Waals surface area contributed by atoms with Crippen molar-refractivity contribution in [2.45, 2.75) is 46.4 Å². The third-order valence-electron chi connectivity index (χ3n) is 5.82. The van der Waals surface area contributed by atoms with E-state index in [4.69, 9.17) is 4.74 Å². The largest absolute Gasteiger partial charge is 0.489 e. The summed E-state index contributed by atoms with van der Waals surface area (Å²) in [6.07, 6.45) is 2.49. The van der Waals surface area contributed by atoms with Crippen LogP contribution in [0.15, 0.2) is 60.7 Å². The lowest BCUT2D eigenvalue weighted by molar-refractivity contribution is 0.164. The van der Waals surface area contributed by atoms with Crippen LogP contribution in [0.25, 0.3) is 0 Å². The molecule has 152 valence electrons. The minimum absolute atomic E-state index is 0.614. The molecule has 2 aromatic carbocycles. The maximum absolute atomic E-state index is 5.90. The maximum atomic E-state index is 5.90.